The topological polar surface area (TPSA) is 105 Å². The second kappa shape index (κ2) is 5.35. The number of H-pyrrole nitrogens is 1. The summed E-state index contributed by atoms with van der Waals surface area (Å²) in [4.78, 5) is 25.2. The second-order valence-electron chi connectivity index (χ2n) is 4.07. The van der Waals surface area contributed by atoms with Crippen LogP contribution in [0.25, 0.3) is 0 Å². The van der Waals surface area contributed by atoms with Crippen molar-refractivity contribution in [2.24, 2.45) is 0 Å². The fourth-order valence-electron chi connectivity index (χ4n) is 1.89. The number of hydrogen-bond donors (Lipinski definition) is 3. The van der Waals surface area contributed by atoms with Crippen LogP contribution >= 0.6 is 15.9 Å². The Balaban J connectivity index is 2.35. The summed E-state index contributed by atoms with van der Waals surface area (Å²) in [7, 11) is 0. The number of nitrogens with one attached hydrogen (secondary N) is 1. The minimum Gasteiger partial charge on any atom is -0.394 e. The molecular weight excluding hydrogens is 308 g/mol. The maximum atomic E-state index is 11.7. The standard InChI is InChI=1S/C10H13BrN2O5/c11-2-5-3-13(10(17)12-9(5)16)8-1-6(15)7(4-14)18-8/h3,6-8,14-15H,1-2,4H2,(H,12,16,17)/t6?,7-,8-/m0/s1. The summed E-state index contributed by atoms with van der Waals surface area (Å²) < 4.78 is 6.57. The van der Waals surface area contributed by atoms with Crippen LogP contribution < -0.4 is 11.2 Å². The van der Waals surface area contributed by atoms with Crippen LogP contribution in [-0.4, -0.2) is 38.6 Å². The third-order valence-electron chi connectivity index (χ3n) is 2.88. The van der Waals surface area contributed by atoms with E-state index >= 15 is 0 Å². The molecule has 0 radical (unpaired) electrons. The van der Waals surface area contributed by atoms with E-state index in [1.165, 1.54) is 10.8 Å². The van der Waals surface area contributed by atoms with Gasteiger partial charge in [-0.25, -0.2) is 4.79 Å². The lowest BCUT2D eigenvalue weighted by atomic mass is 10.2. The highest BCUT2D eigenvalue weighted by Gasteiger charge is 2.35. The van der Waals surface area contributed by atoms with E-state index in [1.807, 2.05) is 0 Å². The number of nitrogens with zero attached hydrogens (tertiary/aromatic N) is 1. The average Bonchev–Trinajstić information content (AvgIpc) is 2.70. The van der Waals surface area contributed by atoms with Crippen LogP contribution in [0.3, 0.4) is 0 Å². The van der Waals surface area contributed by atoms with Gasteiger partial charge in [0, 0.05) is 23.5 Å². The van der Waals surface area contributed by atoms with Gasteiger partial charge in [-0.1, -0.05) is 15.9 Å². The number of rotatable bonds is 3. The first-order chi connectivity index (χ1) is 8.56. The predicted octanol–water partition coefficient (Wildman–Crippen LogP) is -0.928. The number of aromatic amines is 1. The van der Waals surface area contributed by atoms with Crippen LogP contribution in [0.2, 0.25) is 0 Å². The summed E-state index contributed by atoms with van der Waals surface area (Å²) in [5, 5.41) is 18.9. The van der Waals surface area contributed by atoms with E-state index in [4.69, 9.17) is 9.84 Å². The molecule has 0 spiro atoms. The van der Waals surface area contributed by atoms with Gasteiger partial charge in [-0.3, -0.25) is 14.3 Å². The van der Waals surface area contributed by atoms with Gasteiger partial charge in [0.1, 0.15) is 12.3 Å². The lowest BCUT2D eigenvalue weighted by Gasteiger charge is -2.14. The molecular formula is C10H13BrN2O5. The van der Waals surface area contributed by atoms with Gasteiger partial charge in [0.15, 0.2) is 0 Å². The van der Waals surface area contributed by atoms with Gasteiger partial charge in [-0.05, 0) is 0 Å². The third kappa shape index (κ3) is 2.41. The van der Waals surface area contributed by atoms with Gasteiger partial charge in [0.05, 0.1) is 12.7 Å². The van der Waals surface area contributed by atoms with Crippen molar-refractivity contribution in [3.05, 3.63) is 32.6 Å². The quantitative estimate of drug-likeness (QED) is 0.624. The smallest absolute Gasteiger partial charge is 0.330 e. The average molecular weight is 321 g/mol. The fourth-order valence-corrected chi connectivity index (χ4v) is 2.29. The molecule has 1 unspecified atom stereocenters. The molecule has 1 aliphatic heterocycles. The Morgan fingerprint density at radius 1 is 1.56 bits per heavy atom. The molecule has 0 amide bonds. The van der Waals surface area contributed by atoms with Gasteiger partial charge < -0.3 is 14.9 Å². The van der Waals surface area contributed by atoms with E-state index < -0.39 is 29.7 Å². The molecule has 8 heteroatoms. The molecule has 2 heterocycles. The van der Waals surface area contributed by atoms with Crippen LogP contribution in [-0.2, 0) is 10.1 Å². The summed E-state index contributed by atoms with van der Waals surface area (Å²) in [5.74, 6) is 0. The molecule has 1 aromatic rings. The number of halogens is 1. The van der Waals surface area contributed by atoms with E-state index in [2.05, 4.69) is 20.9 Å². The zero-order valence-electron chi connectivity index (χ0n) is 9.38. The number of aliphatic hydroxyl groups excluding tert-OH is 2. The second-order valence-corrected chi connectivity index (χ2v) is 4.63. The van der Waals surface area contributed by atoms with Crippen molar-refractivity contribution in [3.8, 4) is 0 Å². The van der Waals surface area contributed by atoms with Gasteiger partial charge in [0.25, 0.3) is 5.56 Å². The van der Waals surface area contributed by atoms with Crippen molar-refractivity contribution in [1.29, 1.82) is 0 Å². The molecule has 1 fully saturated rings. The molecule has 0 aliphatic carbocycles. The molecule has 1 aromatic heterocycles. The zero-order valence-corrected chi connectivity index (χ0v) is 11.0. The summed E-state index contributed by atoms with van der Waals surface area (Å²) in [5.41, 5.74) is -0.661. The Bertz CT molecular complexity index is 540. The molecule has 1 saturated heterocycles. The van der Waals surface area contributed by atoms with Gasteiger partial charge >= 0.3 is 5.69 Å². The van der Waals surface area contributed by atoms with Crippen molar-refractivity contribution in [2.45, 2.75) is 30.2 Å². The minimum absolute atomic E-state index is 0.193. The van der Waals surface area contributed by atoms with Crippen LogP contribution in [0, 0.1) is 0 Å². The first-order valence-corrected chi connectivity index (χ1v) is 6.53. The largest absolute Gasteiger partial charge is 0.394 e. The minimum atomic E-state index is -0.828. The lowest BCUT2D eigenvalue weighted by Crippen LogP contribution is -2.34. The SMILES string of the molecule is O=c1[nH]c(=O)n([C@@H]2CC(O)[C@H](CO)O2)cc1CBr. The highest BCUT2D eigenvalue weighted by Crippen LogP contribution is 2.27. The molecule has 1 aliphatic rings. The first kappa shape index (κ1) is 13.5. The molecule has 100 valence electrons. The Morgan fingerprint density at radius 2 is 2.28 bits per heavy atom. The molecule has 18 heavy (non-hydrogen) atoms. The first-order valence-electron chi connectivity index (χ1n) is 5.41. The normalized spacial score (nSPS) is 27.6. The highest BCUT2D eigenvalue weighted by molar-refractivity contribution is 9.08. The predicted molar refractivity (Wildman–Crippen MR) is 65.6 cm³/mol. The van der Waals surface area contributed by atoms with Crippen LogP contribution in [0.4, 0.5) is 0 Å². The zero-order chi connectivity index (χ0) is 13.3. The fraction of sp³-hybridized carbons (Fsp3) is 0.600. The van der Waals surface area contributed by atoms with E-state index in [-0.39, 0.29) is 13.0 Å². The monoisotopic (exact) mass is 320 g/mol. The Morgan fingerprint density at radius 3 is 2.83 bits per heavy atom. The lowest BCUT2D eigenvalue weighted by molar-refractivity contribution is -0.0459. The summed E-state index contributed by atoms with van der Waals surface area (Å²) >= 11 is 3.15. The van der Waals surface area contributed by atoms with Crippen molar-refractivity contribution < 1.29 is 14.9 Å². The number of alkyl halides is 1. The summed E-state index contributed by atoms with van der Waals surface area (Å²) in [6.07, 6.45) is -0.627. The molecule has 3 atom stereocenters. The number of ether oxygens (including phenoxy) is 1. The number of hydrogen-bond acceptors (Lipinski definition) is 5. The molecule has 3 N–H and O–H groups in total. The van der Waals surface area contributed by atoms with Gasteiger partial charge in [-0.15, -0.1) is 0 Å². The van der Waals surface area contributed by atoms with Crippen LogP contribution in [0.1, 0.15) is 18.2 Å². The van der Waals surface area contributed by atoms with Gasteiger partial charge in [-0.2, -0.15) is 0 Å². The molecule has 0 aromatic carbocycles. The van der Waals surface area contributed by atoms with Crippen molar-refractivity contribution in [2.75, 3.05) is 6.61 Å². The number of aliphatic hydroxyl groups is 2. The molecule has 0 saturated carbocycles. The van der Waals surface area contributed by atoms with Crippen LogP contribution in [0.5, 0.6) is 0 Å². The summed E-state index contributed by atoms with van der Waals surface area (Å²) in [6.45, 7) is -0.318. The Kier molecular flexibility index (Phi) is 4.00. The Hall–Kier alpha value is -0.960. The van der Waals surface area contributed by atoms with E-state index in [0.717, 1.165) is 0 Å². The third-order valence-corrected chi connectivity index (χ3v) is 3.48. The maximum absolute atomic E-state index is 11.7. The van der Waals surface area contributed by atoms with Gasteiger partial charge in [0.2, 0.25) is 0 Å². The van der Waals surface area contributed by atoms with Crippen LogP contribution in [0.15, 0.2) is 15.8 Å². The maximum Gasteiger partial charge on any atom is 0.330 e. The van der Waals surface area contributed by atoms with Crippen molar-refractivity contribution >= 4 is 15.9 Å². The van der Waals surface area contributed by atoms with Crippen molar-refractivity contribution in [1.82, 2.24) is 9.55 Å². The Labute approximate surface area is 110 Å². The molecule has 2 rings (SSSR count). The molecule has 7 nitrogen and oxygen atoms in total. The van der Waals surface area contributed by atoms with E-state index in [0.29, 0.717) is 10.9 Å². The summed E-state index contributed by atoms with van der Waals surface area (Å²) in [6, 6.07) is 0. The van der Waals surface area contributed by atoms with E-state index in [1.54, 1.807) is 0 Å². The number of aromatic nitrogens is 2. The molecule has 0 bridgehead atoms. The van der Waals surface area contributed by atoms with Crippen molar-refractivity contribution in [3.63, 3.8) is 0 Å². The van der Waals surface area contributed by atoms with E-state index in [9.17, 15) is 14.7 Å². The highest BCUT2D eigenvalue weighted by atomic mass is 79.9.